The van der Waals surface area contributed by atoms with Crippen molar-refractivity contribution in [3.63, 3.8) is 0 Å². The fourth-order valence-electron chi connectivity index (χ4n) is 4.13. The molecule has 0 aromatic rings. The predicted octanol–water partition coefficient (Wildman–Crippen LogP) is 8.07. The maximum atomic E-state index is 12.7. The van der Waals surface area contributed by atoms with Gasteiger partial charge >= 0.3 is 17.9 Å². The van der Waals surface area contributed by atoms with Gasteiger partial charge < -0.3 is 38.8 Å². The van der Waals surface area contributed by atoms with E-state index in [9.17, 15) is 19.2 Å². The summed E-state index contributed by atoms with van der Waals surface area (Å²) in [6, 6.07) is 0. The summed E-state index contributed by atoms with van der Waals surface area (Å²) in [6.07, 6.45) is 6.53. The van der Waals surface area contributed by atoms with Gasteiger partial charge in [0.25, 0.3) is 0 Å². The maximum absolute atomic E-state index is 12.7. The van der Waals surface area contributed by atoms with E-state index >= 15 is 0 Å². The fraction of sp³-hybridized carbons (Fsp3) is 0.900. The van der Waals surface area contributed by atoms with Crippen molar-refractivity contribution in [3.8, 4) is 0 Å². The molecule has 0 saturated carbocycles. The number of aliphatic carboxylic acids is 2. The van der Waals surface area contributed by atoms with Crippen LogP contribution in [0, 0.1) is 5.41 Å². The summed E-state index contributed by atoms with van der Waals surface area (Å²) >= 11 is 0. The molecular formula is C40H77NO11. The molecule has 0 aromatic heterocycles. The number of carboxylic acids is 2. The summed E-state index contributed by atoms with van der Waals surface area (Å²) in [5.41, 5.74) is -1.99. The summed E-state index contributed by atoms with van der Waals surface area (Å²) in [4.78, 5) is 48.0. The van der Waals surface area contributed by atoms with Crippen LogP contribution in [0.25, 0.3) is 0 Å². The Morgan fingerprint density at radius 1 is 0.519 bits per heavy atom. The molecule has 1 atom stereocenters. The molecule has 0 fully saturated rings. The number of ether oxygens (including phenoxy) is 5. The molecular weight excluding hydrogens is 670 g/mol. The molecule has 308 valence electrons. The molecule has 52 heavy (non-hydrogen) atoms. The van der Waals surface area contributed by atoms with Gasteiger partial charge in [-0.05, 0) is 121 Å². The molecule has 0 aliphatic rings. The van der Waals surface area contributed by atoms with Crippen molar-refractivity contribution in [3.05, 3.63) is 0 Å². The van der Waals surface area contributed by atoms with Gasteiger partial charge in [-0.15, -0.1) is 0 Å². The molecule has 0 aliphatic carbocycles. The number of rotatable bonds is 27. The molecule has 1 unspecified atom stereocenters. The first kappa shape index (κ1) is 51.8. The van der Waals surface area contributed by atoms with Crippen LogP contribution >= 0.6 is 0 Å². The van der Waals surface area contributed by atoms with Crippen molar-refractivity contribution < 1.29 is 53.1 Å². The van der Waals surface area contributed by atoms with E-state index in [-0.39, 0.29) is 66.9 Å². The van der Waals surface area contributed by atoms with Gasteiger partial charge in [-0.25, -0.2) is 0 Å². The normalized spacial score (nSPS) is 13.5. The van der Waals surface area contributed by atoms with Crippen LogP contribution < -0.4 is 0 Å². The highest BCUT2D eigenvalue weighted by Gasteiger charge is 2.39. The number of nitrogens with zero attached hydrogens (tertiary/aromatic N) is 1. The van der Waals surface area contributed by atoms with Gasteiger partial charge in [0.1, 0.15) is 5.41 Å². The third-order valence-electron chi connectivity index (χ3n) is 8.45. The van der Waals surface area contributed by atoms with Gasteiger partial charge in [-0.1, -0.05) is 20.3 Å². The molecule has 0 rings (SSSR count). The Hall–Kier alpha value is -2.28. The molecule has 12 heteroatoms. The van der Waals surface area contributed by atoms with E-state index in [1.807, 2.05) is 76.2 Å². The molecule has 0 saturated heterocycles. The molecule has 1 amide bonds. The summed E-state index contributed by atoms with van der Waals surface area (Å²) in [5, 5.41) is 17.3. The molecule has 0 radical (unpaired) electrons. The van der Waals surface area contributed by atoms with Gasteiger partial charge in [0.05, 0.1) is 55.4 Å². The highest BCUT2D eigenvalue weighted by Crippen LogP contribution is 2.27. The van der Waals surface area contributed by atoms with Crippen molar-refractivity contribution in [2.75, 3.05) is 46.1 Å². The van der Waals surface area contributed by atoms with E-state index in [0.717, 1.165) is 19.3 Å². The van der Waals surface area contributed by atoms with Crippen LogP contribution in [-0.4, -0.2) is 107 Å². The highest BCUT2D eigenvalue weighted by molar-refractivity contribution is 5.77. The van der Waals surface area contributed by atoms with E-state index in [1.54, 1.807) is 11.8 Å². The van der Waals surface area contributed by atoms with Crippen molar-refractivity contribution in [2.24, 2.45) is 5.41 Å². The average Bonchev–Trinajstić information content (AvgIpc) is 3.02. The van der Waals surface area contributed by atoms with E-state index < -0.39 is 17.4 Å². The molecule has 0 heterocycles. The molecule has 0 bridgehead atoms. The number of hydrogen-bond acceptors (Lipinski definition) is 9. The zero-order valence-electron chi connectivity index (χ0n) is 35.2. The van der Waals surface area contributed by atoms with Crippen molar-refractivity contribution in [1.29, 1.82) is 0 Å². The molecule has 0 aromatic carbocycles. The molecule has 2 N–H and O–H groups in total. The minimum absolute atomic E-state index is 0.0794. The summed E-state index contributed by atoms with van der Waals surface area (Å²) in [5.74, 6) is -1.85. The van der Waals surface area contributed by atoms with E-state index in [1.165, 1.54) is 0 Å². The zero-order valence-corrected chi connectivity index (χ0v) is 35.2. The monoisotopic (exact) mass is 748 g/mol. The first-order valence-corrected chi connectivity index (χ1v) is 19.2. The van der Waals surface area contributed by atoms with Crippen LogP contribution in [0.15, 0.2) is 0 Å². The third kappa shape index (κ3) is 30.2. The number of unbranched alkanes of at least 4 members (excludes halogenated alkanes) is 4. The Balaban J connectivity index is 0. The molecule has 12 nitrogen and oxygen atoms in total. The lowest BCUT2D eigenvalue weighted by molar-refractivity contribution is -0.173. The van der Waals surface area contributed by atoms with Crippen LogP contribution in [-0.2, 0) is 42.9 Å². The minimum atomic E-state index is -0.888. The maximum Gasteiger partial charge on any atom is 0.316 e. The largest absolute Gasteiger partial charge is 0.481 e. The van der Waals surface area contributed by atoms with Crippen LogP contribution in [0.1, 0.15) is 161 Å². The lowest BCUT2D eigenvalue weighted by Gasteiger charge is -2.34. The molecule has 0 spiro atoms. The quantitative estimate of drug-likeness (QED) is 0.0618. The Morgan fingerprint density at radius 2 is 0.942 bits per heavy atom. The predicted molar refractivity (Wildman–Crippen MR) is 205 cm³/mol. The number of carbonyl (C=O) groups excluding carboxylic acids is 2. The van der Waals surface area contributed by atoms with E-state index in [4.69, 9.17) is 33.9 Å². The highest BCUT2D eigenvalue weighted by atomic mass is 16.6. The SMILES string of the molecule is CCC(C)(C)OCC(C)(COC(C)(C)C)C(=O)OCCCCCC(=O)O.CCC(C)(C)OCCN(CCOC(C)(C)C)C(=O)CCCCCC(=O)O. The van der Waals surface area contributed by atoms with Crippen LogP contribution in [0.4, 0.5) is 0 Å². The Bertz CT molecular complexity index is 1010. The first-order chi connectivity index (χ1) is 23.8. The summed E-state index contributed by atoms with van der Waals surface area (Å²) < 4.78 is 28.9. The summed E-state index contributed by atoms with van der Waals surface area (Å²) in [7, 11) is 0. The van der Waals surface area contributed by atoms with Crippen LogP contribution in [0.5, 0.6) is 0 Å². The summed E-state index contributed by atoms with van der Waals surface area (Å²) in [6.45, 7) is 28.6. The van der Waals surface area contributed by atoms with Crippen LogP contribution in [0.3, 0.4) is 0 Å². The number of amides is 1. The van der Waals surface area contributed by atoms with Crippen molar-refractivity contribution >= 4 is 23.8 Å². The van der Waals surface area contributed by atoms with Gasteiger partial charge in [-0.2, -0.15) is 0 Å². The third-order valence-corrected chi connectivity index (χ3v) is 8.45. The van der Waals surface area contributed by atoms with Crippen LogP contribution in [0.2, 0.25) is 0 Å². The standard InChI is InChI=1S/C20H39NO5.C20H38O6/c1-7-20(5,6)26-16-14-21(13-15-25-19(2,3)4)17(22)11-9-8-10-12-18(23)24;1-8-19(5,6)26-15-20(7,14-25-18(2,3)4)17(23)24-13-11-9-10-12-16(21)22/h7-16H2,1-6H3,(H,23,24);8-15H2,1-7H3,(H,21,22). The van der Waals surface area contributed by atoms with Gasteiger partial charge in [0.2, 0.25) is 5.91 Å². The lowest BCUT2D eigenvalue weighted by atomic mass is 9.92. The van der Waals surface area contributed by atoms with Gasteiger partial charge in [0.15, 0.2) is 0 Å². The topological polar surface area (TPSA) is 158 Å². The Labute approximate surface area is 316 Å². The minimum Gasteiger partial charge on any atom is -0.481 e. The fourth-order valence-corrected chi connectivity index (χ4v) is 4.13. The van der Waals surface area contributed by atoms with Crippen molar-refractivity contribution in [1.82, 2.24) is 4.90 Å². The van der Waals surface area contributed by atoms with Gasteiger partial charge in [-0.3, -0.25) is 19.2 Å². The smallest absolute Gasteiger partial charge is 0.316 e. The Morgan fingerprint density at radius 3 is 1.40 bits per heavy atom. The number of hydrogen-bond donors (Lipinski definition) is 2. The number of carboxylic acid groups (broad SMARTS) is 2. The van der Waals surface area contributed by atoms with E-state index in [0.29, 0.717) is 64.8 Å². The second kappa shape index (κ2) is 25.7. The van der Waals surface area contributed by atoms with Crippen molar-refractivity contribution in [2.45, 2.75) is 183 Å². The average molecular weight is 748 g/mol. The second-order valence-electron chi connectivity index (χ2n) is 17.0. The second-order valence-corrected chi connectivity index (χ2v) is 17.0. The lowest BCUT2D eigenvalue weighted by Crippen LogP contribution is -2.43. The van der Waals surface area contributed by atoms with Gasteiger partial charge in [0, 0.05) is 32.4 Å². The number of esters is 1. The number of carbonyl (C=O) groups is 4. The van der Waals surface area contributed by atoms with E-state index in [2.05, 4.69) is 6.92 Å². The molecule has 0 aliphatic heterocycles. The Kier molecular flexibility index (Phi) is 25.6. The first-order valence-electron chi connectivity index (χ1n) is 19.2. The zero-order chi connectivity index (χ0) is 40.7.